The number of rotatable bonds is 7. The third-order valence-corrected chi connectivity index (χ3v) is 5.13. The minimum absolute atomic E-state index is 0.0936. The van der Waals surface area contributed by atoms with Crippen molar-refractivity contribution in [3.05, 3.63) is 71.3 Å². The third kappa shape index (κ3) is 5.11. The van der Waals surface area contributed by atoms with Gasteiger partial charge in [0.1, 0.15) is 5.82 Å². The summed E-state index contributed by atoms with van der Waals surface area (Å²) < 4.78 is 25.2. The van der Waals surface area contributed by atoms with Crippen molar-refractivity contribution in [3.8, 4) is 11.5 Å². The zero-order valence-electron chi connectivity index (χ0n) is 18.1. The normalized spacial score (nSPS) is 13.7. The summed E-state index contributed by atoms with van der Waals surface area (Å²) in [6, 6.07) is 12.6. The summed E-state index contributed by atoms with van der Waals surface area (Å²) in [5.41, 5.74) is 3.63. The third-order valence-electron chi connectivity index (χ3n) is 5.13. The average Bonchev–Trinajstić information content (AvgIpc) is 2.76. The maximum atomic E-state index is 13.9. The van der Waals surface area contributed by atoms with Crippen LogP contribution in [-0.4, -0.2) is 34.6 Å². The summed E-state index contributed by atoms with van der Waals surface area (Å²) in [7, 11) is 1.66. The SMILES string of the molecule is COc1cc(CN2CCc3nc(Nc4ccccc4F)ncc3C2)ccc1OC(C)C. The number of benzene rings is 2. The van der Waals surface area contributed by atoms with Crippen LogP contribution in [-0.2, 0) is 19.5 Å². The van der Waals surface area contributed by atoms with Crippen LogP contribution in [0.2, 0.25) is 0 Å². The largest absolute Gasteiger partial charge is 0.493 e. The molecule has 0 saturated carbocycles. The van der Waals surface area contributed by atoms with Crippen molar-refractivity contribution in [3.63, 3.8) is 0 Å². The first-order valence-corrected chi connectivity index (χ1v) is 10.4. The number of nitrogens with one attached hydrogen (secondary N) is 1. The molecule has 0 amide bonds. The topological polar surface area (TPSA) is 59.5 Å². The maximum Gasteiger partial charge on any atom is 0.227 e. The number of hydrogen-bond donors (Lipinski definition) is 1. The zero-order valence-corrected chi connectivity index (χ0v) is 18.1. The minimum atomic E-state index is -0.324. The molecule has 1 aliphatic heterocycles. The van der Waals surface area contributed by atoms with E-state index in [4.69, 9.17) is 9.47 Å². The standard InChI is InChI=1S/C24H27FN4O2/c1-16(2)31-22-9-8-17(12-23(22)30-3)14-29-11-10-20-18(15-29)13-26-24(27-20)28-21-7-5-4-6-19(21)25/h4-9,12-13,16H,10-11,14-15H2,1-3H3,(H,26,27,28). The van der Waals surface area contributed by atoms with Gasteiger partial charge < -0.3 is 14.8 Å². The van der Waals surface area contributed by atoms with Crippen LogP contribution in [0.15, 0.2) is 48.7 Å². The highest BCUT2D eigenvalue weighted by atomic mass is 19.1. The Labute approximate surface area is 182 Å². The summed E-state index contributed by atoms with van der Waals surface area (Å²) in [5, 5.41) is 2.97. The molecule has 0 aliphatic carbocycles. The fraction of sp³-hybridized carbons (Fsp3) is 0.333. The molecule has 31 heavy (non-hydrogen) atoms. The van der Waals surface area contributed by atoms with E-state index in [-0.39, 0.29) is 11.9 Å². The summed E-state index contributed by atoms with van der Waals surface area (Å²) in [6.45, 7) is 6.44. The van der Waals surface area contributed by atoms with E-state index in [1.54, 1.807) is 25.3 Å². The first-order chi connectivity index (χ1) is 15.0. The fourth-order valence-corrected chi connectivity index (χ4v) is 3.67. The van der Waals surface area contributed by atoms with Gasteiger partial charge in [-0.2, -0.15) is 0 Å². The zero-order chi connectivity index (χ0) is 21.8. The molecule has 0 unspecified atom stereocenters. The number of aromatic nitrogens is 2. The van der Waals surface area contributed by atoms with Crippen LogP contribution in [0.3, 0.4) is 0 Å². The molecular formula is C24H27FN4O2. The van der Waals surface area contributed by atoms with E-state index >= 15 is 0 Å². The molecular weight excluding hydrogens is 395 g/mol. The van der Waals surface area contributed by atoms with Crippen molar-refractivity contribution < 1.29 is 13.9 Å². The summed E-state index contributed by atoms with van der Waals surface area (Å²) in [5.74, 6) is 1.60. The molecule has 0 spiro atoms. The lowest BCUT2D eigenvalue weighted by atomic mass is 10.1. The molecule has 1 aromatic heterocycles. The monoisotopic (exact) mass is 422 g/mol. The molecule has 162 valence electrons. The van der Waals surface area contributed by atoms with E-state index in [0.717, 1.165) is 54.4 Å². The number of fused-ring (bicyclic) bond motifs is 1. The van der Waals surface area contributed by atoms with Gasteiger partial charge in [0.25, 0.3) is 0 Å². The van der Waals surface area contributed by atoms with Crippen LogP contribution in [0.4, 0.5) is 16.0 Å². The molecule has 2 heterocycles. The molecule has 0 fully saturated rings. The van der Waals surface area contributed by atoms with Gasteiger partial charge in [0.15, 0.2) is 11.5 Å². The predicted octanol–water partition coefficient (Wildman–Crippen LogP) is 4.71. The molecule has 1 aliphatic rings. The second-order valence-corrected chi connectivity index (χ2v) is 7.88. The maximum absolute atomic E-state index is 13.9. The van der Waals surface area contributed by atoms with Gasteiger partial charge in [0.2, 0.25) is 5.95 Å². The fourth-order valence-electron chi connectivity index (χ4n) is 3.67. The van der Waals surface area contributed by atoms with E-state index < -0.39 is 0 Å². The van der Waals surface area contributed by atoms with Crippen LogP contribution in [0, 0.1) is 5.82 Å². The molecule has 1 N–H and O–H groups in total. The Balaban J connectivity index is 1.43. The Bertz CT molecular complexity index is 1060. The van der Waals surface area contributed by atoms with Gasteiger partial charge in [0, 0.05) is 37.8 Å². The lowest BCUT2D eigenvalue weighted by molar-refractivity contribution is 0.228. The smallest absolute Gasteiger partial charge is 0.227 e. The highest BCUT2D eigenvalue weighted by Crippen LogP contribution is 2.30. The quantitative estimate of drug-likeness (QED) is 0.595. The van der Waals surface area contributed by atoms with Gasteiger partial charge in [-0.05, 0) is 43.7 Å². The summed E-state index contributed by atoms with van der Waals surface area (Å²) in [4.78, 5) is 11.3. The highest BCUT2D eigenvalue weighted by molar-refractivity contribution is 5.54. The summed E-state index contributed by atoms with van der Waals surface area (Å²) in [6.07, 6.45) is 2.74. The van der Waals surface area contributed by atoms with E-state index in [0.29, 0.717) is 11.6 Å². The number of nitrogens with zero attached hydrogens (tertiary/aromatic N) is 3. The molecule has 0 radical (unpaired) electrons. The van der Waals surface area contributed by atoms with Crippen molar-refractivity contribution >= 4 is 11.6 Å². The number of hydrogen-bond acceptors (Lipinski definition) is 6. The van der Waals surface area contributed by atoms with E-state index in [1.165, 1.54) is 6.07 Å². The Morgan fingerprint density at radius 3 is 2.77 bits per heavy atom. The van der Waals surface area contributed by atoms with E-state index in [9.17, 15) is 4.39 Å². The van der Waals surface area contributed by atoms with Crippen molar-refractivity contribution in [2.75, 3.05) is 19.0 Å². The lowest BCUT2D eigenvalue weighted by Gasteiger charge is -2.28. The van der Waals surface area contributed by atoms with Crippen LogP contribution in [0.1, 0.15) is 30.7 Å². The number of para-hydroxylation sites is 1. The molecule has 6 nitrogen and oxygen atoms in total. The molecule has 2 aromatic carbocycles. The molecule has 0 bridgehead atoms. The molecule has 3 aromatic rings. The number of anilines is 2. The van der Waals surface area contributed by atoms with Crippen LogP contribution < -0.4 is 14.8 Å². The van der Waals surface area contributed by atoms with Crippen molar-refractivity contribution in [2.45, 2.75) is 39.5 Å². The predicted molar refractivity (Wildman–Crippen MR) is 118 cm³/mol. The average molecular weight is 423 g/mol. The van der Waals surface area contributed by atoms with Crippen LogP contribution in [0.5, 0.6) is 11.5 Å². The first kappa shape index (κ1) is 21.1. The van der Waals surface area contributed by atoms with Crippen molar-refractivity contribution in [1.29, 1.82) is 0 Å². The number of ether oxygens (including phenoxy) is 2. The van der Waals surface area contributed by atoms with Crippen LogP contribution in [0.25, 0.3) is 0 Å². The molecule has 4 rings (SSSR count). The number of halogens is 1. The minimum Gasteiger partial charge on any atom is -0.493 e. The number of methoxy groups -OCH3 is 1. The summed E-state index contributed by atoms with van der Waals surface area (Å²) >= 11 is 0. The molecule has 0 saturated heterocycles. The van der Waals surface area contributed by atoms with E-state index in [1.807, 2.05) is 32.2 Å². The van der Waals surface area contributed by atoms with Gasteiger partial charge in [-0.25, -0.2) is 14.4 Å². The Hall–Kier alpha value is -3.19. The van der Waals surface area contributed by atoms with Crippen molar-refractivity contribution in [1.82, 2.24) is 14.9 Å². The van der Waals surface area contributed by atoms with Crippen LogP contribution >= 0.6 is 0 Å². The van der Waals surface area contributed by atoms with Gasteiger partial charge in [-0.15, -0.1) is 0 Å². The molecule has 7 heteroatoms. The molecule has 0 atom stereocenters. The highest BCUT2D eigenvalue weighted by Gasteiger charge is 2.19. The second-order valence-electron chi connectivity index (χ2n) is 7.88. The second kappa shape index (κ2) is 9.31. The van der Waals surface area contributed by atoms with Gasteiger partial charge in [0.05, 0.1) is 24.6 Å². The van der Waals surface area contributed by atoms with E-state index in [2.05, 4.69) is 26.3 Å². The van der Waals surface area contributed by atoms with Crippen molar-refractivity contribution in [2.24, 2.45) is 0 Å². The van der Waals surface area contributed by atoms with Gasteiger partial charge >= 0.3 is 0 Å². The lowest BCUT2D eigenvalue weighted by Crippen LogP contribution is -2.31. The first-order valence-electron chi connectivity index (χ1n) is 10.4. The Morgan fingerprint density at radius 1 is 1.16 bits per heavy atom. The van der Waals surface area contributed by atoms with Gasteiger partial charge in [-0.3, -0.25) is 4.90 Å². The van der Waals surface area contributed by atoms with Gasteiger partial charge in [-0.1, -0.05) is 18.2 Å². The Morgan fingerprint density at radius 2 is 2.00 bits per heavy atom. The Kier molecular flexibility index (Phi) is 6.32.